The average Bonchev–Trinajstić information content (AvgIpc) is 2.95. The number of hydrogen-bond donors (Lipinski definition) is 2. The quantitative estimate of drug-likeness (QED) is 0.903. The van der Waals surface area contributed by atoms with E-state index in [9.17, 15) is 4.79 Å². The van der Waals surface area contributed by atoms with Crippen molar-refractivity contribution in [1.29, 1.82) is 0 Å². The zero-order chi connectivity index (χ0) is 14.0. The molecule has 2 aromatic heterocycles. The number of aryl methyl sites for hydroxylation is 2. The Labute approximate surface area is 116 Å². The maximum Gasteiger partial charge on any atom is 0.255 e. The van der Waals surface area contributed by atoms with E-state index in [4.69, 9.17) is 10.2 Å². The molecule has 0 aromatic carbocycles. The molecule has 3 N–H and O–H groups in total. The third-order valence-electron chi connectivity index (χ3n) is 3.01. The lowest BCUT2D eigenvalue weighted by Gasteiger charge is -2.13. The van der Waals surface area contributed by atoms with Gasteiger partial charge in [-0.1, -0.05) is 0 Å². The molecule has 0 aliphatic heterocycles. The standard InChI is InChI=1S/C14H18N2O2S/c1-8-4-13(10(3)19-8)9(2)16-14(17)11-5-12(6-15)18-7-11/h4-5,7,9H,6,15H2,1-3H3,(H,16,17). The first kappa shape index (κ1) is 13.8. The predicted molar refractivity (Wildman–Crippen MR) is 76.3 cm³/mol. The first-order chi connectivity index (χ1) is 9.01. The van der Waals surface area contributed by atoms with Crippen molar-refractivity contribution in [3.05, 3.63) is 45.0 Å². The van der Waals surface area contributed by atoms with Gasteiger partial charge in [0.05, 0.1) is 18.2 Å². The third kappa shape index (κ3) is 3.05. The van der Waals surface area contributed by atoms with E-state index in [-0.39, 0.29) is 11.9 Å². The second-order valence-corrected chi connectivity index (χ2v) is 6.03. The van der Waals surface area contributed by atoms with Gasteiger partial charge >= 0.3 is 0 Å². The number of furan rings is 1. The highest BCUT2D eigenvalue weighted by Gasteiger charge is 2.16. The van der Waals surface area contributed by atoms with Crippen molar-refractivity contribution in [1.82, 2.24) is 5.32 Å². The van der Waals surface area contributed by atoms with Crippen LogP contribution in [-0.2, 0) is 6.54 Å². The predicted octanol–water partition coefficient (Wildman–Crippen LogP) is 2.91. The Morgan fingerprint density at radius 2 is 2.21 bits per heavy atom. The number of thiophene rings is 1. The fourth-order valence-corrected chi connectivity index (χ4v) is 3.07. The first-order valence-corrected chi connectivity index (χ1v) is 6.98. The number of carbonyl (C=O) groups excluding carboxylic acids is 1. The van der Waals surface area contributed by atoms with Gasteiger partial charge in [0, 0.05) is 9.75 Å². The Morgan fingerprint density at radius 3 is 2.74 bits per heavy atom. The van der Waals surface area contributed by atoms with E-state index in [1.165, 1.54) is 21.6 Å². The molecule has 0 bridgehead atoms. The molecule has 2 rings (SSSR count). The van der Waals surface area contributed by atoms with E-state index in [0.29, 0.717) is 17.9 Å². The van der Waals surface area contributed by atoms with Crippen LogP contribution < -0.4 is 11.1 Å². The maximum atomic E-state index is 12.1. The summed E-state index contributed by atoms with van der Waals surface area (Å²) >= 11 is 1.74. The van der Waals surface area contributed by atoms with Gasteiger partial charge < -0.3 is 15.5 Å². The highest BCUT2D eigenvalue weighted by atomic mass is 32.1. The minimum Gasteiger partial charge on any atom is -0.467 e. The largest absolute Gasteiger partial charge is 0.467 e. The SMILES string of the molecule is Cc1cc(C(C)NC(=O)c2coc(CN)c2)c(C)s1. The summed E-state index contributed by atoms with van der Waals surface area (Å²) in [7, 11) is 0. The minimum absolute atomic E-state index is 0.0197. The summed E-state index contributed by atoms with van der Waals surface area (Å²) in [5, 5.41) is 2.97. The van der Waals surface area contributed by atoms with E-state index < -0.39 is 0 Å². The fraction of sp³-hybridized carbons (Fsp3) is 0.357. The van der Waals surface area contributed by atoms with Crippen LogP contribution in [0.5, 0.6) is 0 Å². The lowest BCUT2D eigenvalue weighted by Crippen LogP contribution is -2.26. The molecule has 1 atom stereocenters. The summed E-state index contributed by atoms with van der Waals surface area (Å²) in [6, 6.07) is 3.77. The topological polar surface area (TPSA) is 68.3 Å². The van der Waals surface area contributed by atoms with Gasteiger partial charge in [-0.2, -0.15) is 0 Å². The number of nitrogens with one attached hydrogen (secondary N) is 1. The van der Waals surface area contributed by atoms with Gasteiger partial charge in [0.1, 0.15) is 12.0 Å². The highest BCUT2D eigenvalue weighted by molar-refractivity contribution is 7.12. The molecule has 19 heavy (non-hydrogen) atoms. The normalized spacial score (nSPS) is 12.4. The van der Waals surface area contributed by atoms with Crippen LogP contribution in [0.3, 0.4) is 0 Å². The van der Waals surface area contributed by atoms with Gasteiger partial charge in [-0.15, -0.1) is 11.3 Å². The van der Waals surface area contributed by atoms with Gasteiger partial charge in [-0.05, 0) is 38.5 Å². The van der Waals surface area contributed by atoms with E-state index in [0.717, 1.165) is 0 Å². The van der Waals surface area contributed by atoms with Gasteiger partial charge in [0.15, 0.2) is 0 Å². The molecule has 2 heterocycles. The lowest BCUT2D eigenvalue weighted by atomic mass is 10.1. The van der Waals surface area contributed by atoms with Crippen molar-refractivity contribution < 1.29 is 9.21 Å². The van der Waals surface area contributed by atoms with Crippen LogP contribution >= 0.6 is 11.3 Å². The third-order valence-corrected chi connectivity index (χ3v) is 3.99. The van der Waals surface area contributed by atoms with E-state index in [1.807, 2.05) is 6.92 Å². The van der Waals surface area contributed by atoms with Crippen molar-refractivity contribution >= 4 is 17.2 Å². The Hall–Kier alpha value is -1.59. The second-order valence-electron chi connectivity index (χ2n) is 4.57. The van der Waals surface area contributed by atoms with Crippen molar-refractivity contribution in [3.63, 3.8) is 0 Å². The van der Waals surface area contributed by atoms with Crippen molar-refractivity contribution in [3.8, 4) is 0 Å². The maximum absolute atomic E-state index is 12.1. The number of rotatable bonds is 4. The van der Waals surface area contributed by atoms with Crippen LogP contribution in [0.4, 0.5) is 0 Å². The second kappa shape index (κ2) is 5.59. The molecule has 1 amide bonds. The molecule has 0 saturated heterocycles. The van der Waals surface area contributed by atoms with Gasteiger partial charge in [0.25, 0.3) is 5.91 Å². The number of hydrogen-bond acceptors (Lipinski definition) is 4. The van der Waals surface area contributed by atoms with Crippen LogP contribution in [0.2, 0.25) is 0 Å². The summed E-state index contributed by atoms with van der Waals surface area (Å²) in [6.07, 6.45) is 1.44. The minimum atomic E-state index is -0.140. The summed E-state index contributed by atoms with van der Waals surface area (Å²) in [4.78, 5) is 14.6. The Morgan fingerprint density at radius 1 is 1.47 bits per heavy atom. The lowest BCUT2D eigenvalue weighted by molar-refractivity contribution is 0.0939. The molecule has 4 nitrogen and oxygen atoms in total. The first-order valence-electron chi connectivity index (χ1n) is 6.16. The zero-order valence-electron chi connectivity index (χ0n) is 11.3. The molecule has 0 aliphatic rings. The molecule has 0 saturated carbocycles. The molecule has 1 unspecified atom stereocenters. The molecule has 0 spiro atoms. The molecule has 2 aromatic rings. The average molecular weight is 278 g/mol. The number of nitrogens with two attached hydrogens (primary N) is 1. The summed E-state index contributed by atoms with van der Waals surface area (Å²) < 4.78 is 5.17. The van der Waals surface area contributed by atoms with Crippen LogP contribution in [0.25, 0.3) is 0 Å². The fourth-order valence-electron chi connectivity index (χ4n) is 2.04. The Kier molecular flexibility index (Phi) is 4.07. The van der Waals surface area contributed by atoms with Crippen molar-refractivity contribution in [2.45, 2.75) is 33.4 Å². The zero-order valence-corrected chi connectivity index (χ0v) is 12.1. The van der Waals surface area contributed by atoms with Gasteiger partial charge in [-0.25, -0.2) is 0 Å². The van der Waals surface area contributed by atoms with Crippen molar-refractivity contribution in [2.24, 2.45) is 5.73 Å². The summed E-state index contributed by atoms with van der Waals surface area (Å²) in [5.74, 6) is 0.472. The van der Waals surface area contributed by atoms with Crippen LogP contribution in [-0.4, -0.2) is 5.91 Å². The highest BCUT2D eigenvalue weighted by Crippen LogP contribution is 2.26. The molecular formula is C14H18N2O2S. The molecule has 102 valence electrons. The smallest absolute Gasteiger partial charge is 0.255 e. The van der Waals surface area contributed by atoms with Crippen LogP contribution in [0.15, 0.2) is 22.8 Å². The monoisotopic (exact) mass is 278 g/mol. The Bertz CT molecular complexity index is 586. The van der Waals surface area contributed by atoms with Gasteiger partial charge in [-0.3, -0.25) is 4.79 Å². The van der Waals surface area contributed by atoms with Gasteiger partial charge in [0.2, 0.25) is 0 Å². The number of amides is 1. The van der Waals surface area contributed by atoms with E-state index in [1.54, 1.807) is 17.4 Å². The number of carbonyl (C=O) groups is 1. The van der Waals surface area contributed by atoms with Crippen LogP contribution in [0.1, 0.15) is 44.4 Å². The summed E-state index contributed by atoms with van der Waals surface area (Å²) in [5.41, 5.74) is 7.13. The van der Waals surface area contributed by atoms with E-state index in [2.05, 4.69) is 25.2 Å². The summed E-state index contributed by atoms with van der Waals surface area (Å²) in [6.45, 7) is 6.42. The molecule has 0 radical (unpaired) electrons. The molecule has 0 aliphatic carbocycles. The molecule has 5 heteroatoms. The Balaban J connectivity index is 2.08. The molecular weight excluding hydrogens is 260 g/mol. The van der Waals surface area contributed by atoms with Crippen LogP contribution in [0, 0.1) is 13.8 Å². The van der Waals surface area contributed by atoms with Crippen molar-refractivity contribution in [2.75, 3.05) is 0 Å². The molecule has 0 fully saturated rings. The van der Waals surface area contributed by atoms with E-state index >= 15 is 0 Å².